The van der Waals surface area contributed by atoms with Gasteiger partial charge in [0.1, 0.15) is 34.2 Å². The highest BCUT2D eigenvalue weighted by Gasteiger charge is 2.26. The Morgan fingerprint density at radius 2 is 1.34 bits per heavy atom. The third-order valence-corrected chi connectivity index (χ3v) is 5.70. The molecule has 1 aliphatic rings. The van der Waals surface area contributed by atoms with E-state index >= 15 is 0 Å². The summed E-state index contributed by atoms with van der Waals surface area (Å²) >= 11 is 0. The van der Waals surface area contributed by atoms with E-state index in [1.54, 1.807) is 37.1 Å². The summed E-state index contributed by atoms with van der Waals surface area (Å²) in [4.78, 5) is 34.9. The molecule has 6 aromatic rings. The second-order valence-corrected chi connectivity index (χ2v) is 8.16. The van der Waals surface area contributed by atoms with E-state index in [1.807, 2.05) is 30.3 Å². The number of aliphatic imine (C=N–C) groups is 1. The van der Waals surface area contributed by atoms with Crippen LogP contribution in [0.4, 0.5) is 0 Å². The molecule has 0 fully saturated rings. The van der Waals surface area contributed by atoms with Gasteiger partial charge in [0.15, 0.2) is 36.2 Å². The first kappa shape index (κ1) is 21.7. The first-order valence-electron chi connectivity index (χ1n) is 11.5. The van der Waals surface area contributed by atoms with E-state index < -0.39 is 6.10 Å². The second-order valence-electron chi connectivity index (χ2n) is 8.16. The third kappa shape index (κ3) is 4.09. The molecule has 184 valence electrons. The van der Waals surface area contributed by atoms with Crippen molar-refractivity contribution in [1.82, 2.24) is 34.9 Å². The highest BCUT2D eigenvalue weighted by Crippen LogP contribution is 2.29. The maximum absolute atomic E-state index is 6.09. The number of oxazole rings is 3. The highest BCUT2D eigenvalue weighted by atomic mass is 16.5. The fourth-order valence-corrected chi connectivity index (χ4v) is 3.90. The minimum absolute atomic E-state index is 0.342. The summed E-state index contributed by atoms with van der Waals surface area (Å²) in [7, 11) is 0. The molecular formula is C26H16N8O4. The molecule has 12 nitrogen and oxygen atoms in total. The average molecular weight is 504 g/mol. The molecule has 7 rings (SSSR count). The minimum atomic E-state index is -0.421. The monoisotopic (exact) mass is 504 g/mol. The van der Waals surface area contributed by atoms with Gasteiger partial charge in [-0.25, -0.2) is 34.9 Å². The van der Waals surface area contributed by atoms with Crippen molar-refractivity contribution in [2.24, 2.45) is 4.99 Å². The number of ether oxygens (including phenoxy) is 1. The lowest BCUT2D eigenvalue weighted by molar-refractivity contribution is 0.224. The topological polar surface area (TPSA) is 151 Å². The Balaban J connectivity index is 1.10. The van der Waals surface area contributed by atoms with Gasteiger partial charge in [-0.2, -0.15) is 0 Å². The lowest BCUT2D eigenvalue weighted by Gasteiger charge is -2.11. The summed E-state index contributed by atoms with van der Waals surface area (Å²) in [5.41, 5.74) is 3.51. The van der Waals surface area contributed by atoms with E-state index in [2.05, 4.69) is 34.9 Å². The minimum Gasteiger partial charge on any atom is -0.464 e. The summed E-state index contributed by atoms with van der Waals surface area (Å²) in [5.74, 6) is 2.32. The second kappa shape index (κ2) is 9.17. The summed E-state index contributed by atoms with van der Waals surface area (Å²) in [6, 6.07) is 11.0. The summed E-state index contributed by atoms with van der Waals surface area (Å²) in [5, 5.41) is 0. The largest absolute Gasteiger partial charge is 0.464 e. The fourth-order valence-electron chi connectivity index (χ4n) is 3.90. The first-order valence-corrected chi connectivity index (χ1v) is 11.5. The van der Waals surface area contributed by atoms with Crippen molar-refractivity contribution in [1.29, 1.82) is 0 Å². The maximum Gasteiger partial charge on any atom is 0.245 e. The predicted molar refractivity (Wildman–Crippen MR) is 131 cm³/mol. The average Bonchev–Trinajstić information content (AvgIpc) is 3.80. The molecule has 0 aromatic carbocycles. The van der Waals surface area contributed by atoms with Crippen LogP contribution in [0.5, 0.6) is 0 Å². The van der Waals surface area contributed by atoms with Crippen molar-refractivity contribution in [3.63, 3.8) is 0 Å². The zero-order chi connectivity index (χ0) is 25.3. The molecule has 0 spiro atoms. The van der Waals surface area contributed by atoms with Crippen LogP contribution in [-0.2, 0) is 4.74 Å². The van der Waals surface area contributed by atoms with Gasteiger partial charge in [0.25, 0.3) is 0 Å². The zero-order valence-electron chi connectivity index (χ0n) is 19.5. The summed E-state index contributed by atoms with van der Waals surface area (Å²) < 4.78 is 22.7. The van der Waals surface area contributed by atoms with Crippen molar-refractivity contribution in [3.8, 4) is 45.9 Å². The van der Waals surface area contributed by atoms with Gasteiger partial charge in [0, 0.05) is 0 Å². The van der Waals surface area contributed by atoms with Crippen molar-refractivity contribution in [3.05, 3.63) is 91.6 Å². The van der Waals surface area contributed by atoms with Gasteiger partial charge in [-0.3, -0.25) is 4.98 Å². The molecule has 1 atom stereocenters. The third-order valence-electron chi connectivity index (χ3n) is 5.70. The van der Waals surface area contributed by atoms with Gasteiger partial charge in [0.2, 0.25) is 11.8 Å². The normalized spacial score (nSPS) is 14.8. The van der Waals surface area contributed by atoms with Gasteiger partial charge < -0.3 is 18.0 Å². The summed E-state index contributed by atoms with van der Waals surface area (Å²) in [6.07, 6.45) is 10.3. The Kier molecular flexibility index (Phi) is 5.24. The SMILES string of the molecule is c1cc(C2=NCC(c3cncc(-c4cnc(-c5cccc(-c6cnco6)n5)o4)n3)O2)nc(-c2cnco2)c1. The van der Waals surface area contributed by atoms with Crippen LogP contribution < -0.4 is 0 Å². The van der Waals surface area contributed by atoms with E-state index in [-0.39, 0.29) is 0 Å². The lowest BCUT2D eigenvalue weighted by atomic mass is 10.2. The van der Waals surface area contributed by atoms with Crippen molar-refractivity contribution in [2.45, 2.75) is 6.10 Å². The van der Waals surface area contributed by atoms with Crippen LogP contribution in [-0.4, -0.2) is 47.3 Å². The Morgan fingerprint density at radius 1 is 0.632 bits per heavy atom. The van der Waals surface area contributed by atoms with E-state index in [1.165, 1.54) is 12.8 Å². The smallest absolute Gasteiger partial charge is 0.245 e. The number of pyridine rings is 2. The first-order chi connectivity index (χ1) is 18.8. The van der Waals surface area contributed by atoms with Gasteiger partial charge in [-0.15, -0.1) is 0 Å². The molecule has 12 heteroatoms. The van der Waals surface area contributed by atoms with Crippen LogP contribution in [0, 0.1) is 0 Å². The zero-order valence-corrected chi connectivity index (χ0v) is 19.5. The Hall–Kier alpha value is -5.52. The molecule has 1 unspecified atom stereocenters. The van der Waals surface area contributed by atoms with Crippen molar-refractivity contribution < 1.29 is 18.0 Å². The number of aromatic nitrogens is 7. The molecule has 0 radical (unpaired) electrons. The Morgan fingerprint density at radius 3 is 2.08 bits per heavy atom. The van der Waals surface area contributed by atoms with Gasteiger partial charge >= 0.3 is 0 Å². The lowest BCUT2D eigenvalue weighted by Crippen LogP contribution is -2.10. The number of hydrogen-bond acceptors (Lipinski definition) is 12. The Labute approximate surface area is 214 Å². The van der Waals surface area contributed by atoms with Gasteiger partial charge in [-0.1, -0.05) is 12.1 Å². The van der Waals surface area contributed by atoms with Gasteiger partial charge in [0.05, 0.1) is 37.5 Å². The van der Waals surface area contributed by atoms with E-state index in [9.17, 15) is 0 Å². The maximum atomic E-state index is 6.09. The number of rotatable bonds is 6. The quantitative estimate of drug-likeness (QED) is 0.317. The highest BCUT2D eigenvalue weighted by molar-refractivity contribution is 5.93. The molecule has 6 aromatic heterocycles. The number of nitrogens with zero attached hydrogens (tertiary/aromatic N) is 8. The van der Waals surface area contributed by atoms with E-state index in [4.69, 9.17) is 23.0 Å². The molecule has 1 aliphatic heterocycles. The molecule has 0 amide bonds. The molecule has 0 saturated carbocycles. The standard InChI is InChI=1S/C26H16N8O4/c1-3-15(21-9-28-13-35-21)32-17(5-1)25-30-11-23(37-25)19-7-27-8-20(34-19)24-12-31-26(38-24)18-6-2-4-16(33-18)22-10-29-14-36-22/h1-11,13-14,24H,12H2. The molecular weight excluding hydrogens is 488 g/mol. The van der Waals surface area contributed by atoms with Crippen LogP contribution in [0.3, 0.4) is 0 Å². The van der Waals surface area contributed by atoms with Crippen molar-refractivity contribution in [2.75, 3.05) is 6.54 Å². The van der Waals surface area contributed by atoms with Crippen LogP contribution in [0.15, 0.2) is 98.4 Å². The molecule has 38 heavy (non-hydrogen) atoms. The van der Waals surface area contributed by atoms with Crippen LogP contribution >= 0.6 is 0 Å². The predicted octanol–water partition coefficient (Wildman–Crippen LogP) is 4.42. The molecule has 7 heterocycles. The van der Waals surface area contributed by atoms with Crippen LogP contribution in [0.2, 0.25) is 0 Å². The van der Waals surface area contributed by atoms with E-state index in [0.29, 0.717) is 69.8 Å². The molecule has 0 N–H and O–H groups in total. The van der Waals surface area contributed by atoms with Crippen LogP contribution in [0.25, 0.3) is 45.9 Å². The van der Waals surface area contributed by atoms with Crippen molar-refractivity contribution >= 4 is 5.90 Å². The molecule has 0 saturated heterocycles. The fraction of sp³-hybridized carbons (Fsp3) is 0.0769. The van der Waals surface area contributed by atoms with Crippen LogP contribution in [0.1, 0.15) is 17.5 Å². The van der Waals surface area contributed by atoms with E-state index in [0.717, 1.165) is 0 Å². The summed E-state index contributed by atoms with van der Waals surface area (Å²) in [6.45, 7) is 0.377. The van der Waals surface area contributed by atoms with Gasteiger partial charge in [-0.05, 0) is 24.3 Å². The Bertz CT molecular complexity index is 1740. The molecule has 0 aliphatic carbocycles. The molecule has 0 bridgehead atoms. The number of hydrogen-bond donors (Lipinski definition) is 0.